The van der Waals surface area contributed by atoms with Crippen molar-refractivity contribution in [2.75, 3.05) is 5.32 Å². The zero-order chi connectivity index (χ0) is 17.1. The summed E-state index contributed by atoms with van der Waals surface area (Å²) in [6, 6.07) is 11.0. The van der Waals surface area contributed by atoms with Crippen LogP contribution in [0.2, 0.25) is 0 Å². The molecule has 24 heavy (non-hydrogen) atoms. The molecule has 1 aliphatic rings. The van der Waals surface area contributed by atoms with E-state index in [0.717, 1.165) is 18.5 Å². The Morgan fingerprint density at radius 2 is 1.83 bits per heavy atom. The van der Waals surface area contributed by atoms with Crippen molar-refractivity contribution < 1.29 is 4.79 Å². The molecule has 1 fully saturated rings. The van der Waals surface area contributed by atoms with Crippen molar-refractivity contribution in [3.05, 3.63) is 51.7 Å². The molecule has 0 radical (unpaired) electrons. The van der Waals surface area contributed by atoms with Gasteiger partial charge in [-0.3, -0.25) is 0 Å². The Kier molecular flexibility index (Phi) is 5.21. The first-order valence-electron chi connectivity index (χ1n) is 8.50. The molecule has 0 saturated heterocycles. The fourth-order valence-corrected chi connectivity index (χ4v) is 3.76. The maximum absolute atomic E-state index is 11.8. The Morgan fingerprint density at radius 3 is 2.42 bits per heavy atom. The van der Waals surface area contributed by atoms with Crippen LogP contribution in [0.5, 0.6) is 0 Å². The summed E-state index contributed by atoms with van der Waals surface area (Å²) < 4.78 is 0. The number of anilines is 1. The first-order chi connectivity index (χ1) is 11.5. The van der Waals surface area contributed by atoms with Crippen LogP contribution in [-0.2, 0) is 0 Å². The van der Waals surface area contributed by atoms with Gasteiger partial charge in [-0.15, -0.1) is 11.3 Å². The van der Waals surface area contributed by atoms with Gasteiger partial charge in [-0.25, -0.2) is 4.79 Å². The standard InChI is InChI=1S/C19H25N3OS/c1-12-10-11-24-18(12)14(3)20-13(2)15-4-6-16(7-5-15)21-19(23)22-17-8-9-17/h4-7,10-11,13-14,17,20H,8-9H2,1-3H3,(H2,21,22,23)/t13-,14+/m1/s1. The first-order valence-corrected chi connectivity index (χ1v) is 9.38. The molecule has 3 N–H and O–H groups in total. The molecule has 5 heteroatoms. The minimum absolute atomic E-state index is 0.113. The van der Waals surface area contributed by atoms with Crippen LogP contribution in [0.15, 0.2) is 35.7 Å². The van der Waals surface area contributed by atoms with Gasteiger partial charge in [-0.1, -0.05) is 12.1 Å². The van der Waals surface area contributed by atoms with E-state index in [4.69, 9.17) is 0 Å². The largest absolute Gasteiger partial charge is 0.335 e. The summed E-state index contributed by atoms with van der Waals surface area (Å²) in [7, 11) is 0. The van der Waals surface area contributed by atoms with E-state index in [1.165, 1.54) is 16.0 Å². The van der Waals surface area contributed by atoms with Crippen LogP contribution >= 0.6 is 11.3 Å². The lowest BCUT2D eigenvalue weighted by atomic mass is 10.1. The summed E-state index contributed by atoms with van der Waals surface area (Å²) in [5, 5.41) is 11.6. The number of nitrogens with one attached hydrogen (secondary N) is 3. The van der Waals surface area contributed by atoms with Gasteiger partial charge in [-0.2, -0.15) is 0 Å². The average Bonchev–Trinajstić information content (AvgIpc) is 3.25. The number of carbonyl (C=O) groups excluding carboxylic acids is 1. The molecule has 1 aliphatic carbocycles. The van der Waals surface area contributed by atoms with E-state index >= 15 is 0 Å². The van der Waals surface area contributed by atoms with Crippen molar-refractivity contribution in [2.45, 2.75) is 51.7 Å². The SMILES string of the molecule is Cc1ccsc1[C@H](C)N[C@H](C)c1ccc(NC(=O)NC2CC2)cc1. The first kappa shape index (κ1) is 17.0. The van der Waals surface area contributed by atoms with Crippen LogP contribution in [0.3, 0.4) is 0 Å². The van der Waals surface area contributed by atoms with Gasteiger partial charge in [0.15, 0.2) is 0 Å². The predicted molar refractivity (Wildman–Crippen MR) is 101 cm³/mol. The number of rotatable bonds is 6. The molecule has 0 bridgehead atoms. The molecule has 2 aromatic rings. The van der Waals surface area contributed by atoms with Gasteiger partial charge in [0.1, 0.15) is 0 Å². The Balaban J connectivity index is 1.56. The van der Waals surface area contributed by atoms with Crippen LogP contribution in [0.25, 0.3) is 0 Å². The number of hydrogen-bond acceptors (Lipinski definition) is 3. The van der Waals surface area contributed by atoms with E-state index < -0.39 is 0 Å². The number of thiophene rings is 1. The molecule has 128 valence electrons. The zero-order valence-electron chi connectivity index (χ0n) is 14.4. The van der Waals surface area contributed by atoms with E-state index in [9.17, 15) is 4.79 Å². The second kappa shape index (κ2) is 7.36. The molecule has 0 aliphatic heterocycles. The monoisotopic (exact) mass is 343 g/mol. The summed E-state index contributed by atoms with van der Waals surface area (Å²) in [6.45, 7) is 6.52. The minimum Gasteiger partial charge on any atom is -0.335 e. The maximum Gasteiger partial charge on any atom is 0.319 e. The van der Waals surface area contributed by atoms with Crippen LogP contribution in [0.4, 0.5) is 10.5 Å². The van der Waals surface area contributed by atoms with Gasteiger partial charge in [0.05, 0.1) is 0 Å². The third-order valence-electron chi connectivity index (χ3n) is 4.38. The molecule has 1 aromatic heterocycles. The summed E-state index contributed by atoms with van der Waals surface area (Å²) >= 11 is 1.80. The minimum atomic E-state index is -0.113. The maximum atomic E-state index is 11.8. The van der Waals surface area contributed by atoms with E-state index in [-0.39, 0.29) is 12.1 Å². The second-order valence-electron chi connectivity index (χ2n) is 6.57. The van der Waals surface area contributed by atoms with Gasteiger partial charge < -0.3 is 16.0 Å². The van der Waals surface area contributed by atoms with Gasteiger partial charge in [0, 0.05) is 28.7 Å². The van der Waals surface area contributed by atoms with E-state index in [2.05, 4.69) is 60.3 Å². The molecule has 4 nitrogen and oxygen atoms in total. The molecule has 2 amide bonds. The van der Waals surface area contributed by atoms with Gasteiger partial charge in [0.2, 0.25) is 0 Å². The van der Waals surface area contributed by atoms with Gasteiger partial charge in [0.25, 0.3) is 0 Å². The zero-order valence-corrected chi connectivity index (χ0v) is 15.2. The van der Waals surface area contributed by atoms with E-state index in [1.54, 1.807) is 11.3 Å². The molecule has 2 atom stereocenters. The quantitative estimate of drug-likeness (QED) is 0.709. The molecule has 0 spiro atoms. The van der Waals surface area contributed by atoms with Gasteiger partial charge >= 0.3 is 6.03 Å². The highest BCUT2D eigenvalue weighted by molar-refractivity contribution is 7.10. The van der Waals surface area contributed by atoms with Crippen LogP contribution in [-0.4, -0.2) is 12.1 Å². The lowest BCUT2D eigenvalue weighted by Crippen LogP contribution is -2.30. The number of aryl methyl sites for hydroxylation is 1. The molecule has 3 rings (SSSR count). The van der Waals surface area contributed by atoms with E-state index in [0.29, 0.717) is 12.1 Å². The third kappa shape index (κ3) is 4.36. The highest BCUT2D eigenvalue weighted by Gasteiger charge is 2.23. The fraction of sp³-hybridized carbons (Fsp3) is 0.421. The molecular formula is C19H25N3OS. The number of carbonyl (C=O) groups is 1. The summed E-state index contributed by atoms with van der Waals surface area (Å²) in [6.07, 6.45) is 2.19. The van der Waals surface area contributed by atoms with Crippen molar-refractivity contribution >= 4 is 23.1 Å². The normalized spacial score (nSPS) is 16.5. The third-order valence-corrected chi connectivity index (χ3v) is 5.58. The molecule has 1 saturated carbocycles. The number of hydrogen-bond donors (Lipinski definition) is 3. The van der Waals surface area contributed by atoms with Crippen LogP contribution in [0.1, 0.15) is 54.8 Å². The summed E-state index contributed by atoms with van der Waals surface area (Å²) in [5.41, 5.74) is 3.38. The summed E-state index contributed by atoms with van der Waals surface area (Å²) in [5.74, 6) is 0. The van der Waals surface area contributed by atoms with Crippen molar-refractivity contribution in [3.63, 3.8) is 0 Å². The second-order valence-corrected chi connectivity index (χ2v) is 7.52. The Bertz CT molecular complexity index is 691. The predicted octanol–water partition coefficient (Wildman–Crippen LogP) is 4.75. The number of benzene rings is 1. The van der Waals surface area contributed by atoms with E-state index in [1.807, 2.05) is 12.1 Å². The number of amides is 2. The Morgan fingerprint density at radius 1 is 1.12 bits per heavy atom. The van der Waals surface area contributed by atoms with Crippen molar-refractivity contribution in [1.29, 1.82) is 0 Å². The fourth-order valence-electron chi connectivity index (χ4n) is 2.81. The summed E-state index contributed by atoms with van der Waals surface area (Å²) in [4.78, 5) is 13.1. The van der Waals surface area contributed by atoms with Crippen molar-refractivity contribution in [3.8, 4) is 0 Å². The number of urea groups is 1. The lowest BCUT2D eigenvalue weighted by molar-refractivity contribution is 0.251. The Hall–Kier alpha value is -1.85. The Labute approximate surface area is 147 Å². The van der Waals surface area contributed by atoms with Crippen molar-refractivity contribution in [1.82, 2.24) is 10.6 Å². The average molecular weight is 343 g/mol. The topological polar surface area (TPSA) is 53.2 Å². The molecule has 1 heterocycles. The van der Waals surface area contributed by atoms with Crippen molar-refractivity contribution in [2.24, 2.45) is 0 Å². The highest BCUT2D eigenvalue weighted by Crippen LogP contribution is 2.26. The van der Waals surface area contributed by atoms with Gasteiger partial charge in [-0.05, 0) is 68.3 Å². The molecular weight excluding hydrogens is 318 g/mol. The van der Waals surface area contributed by atoms with Crippen LogP contribution < -0.4 is 16.0 Å². The molecule has 0 unspecified atom stereocenters. The van der Waals surface area contributed by atoms with Crippen LogP contribution in [0, 0.1) is 6.92 Å². The molecule has 1 aromatic carbocycles. The highest BCUT2D eigenvalue weighted by atomic mass is 32.1. The smallest absolute Gasteiger partial charge is 0.319 e. The lowest BCUT2D eigenvalue weighted by Gasteiger charge is -2.20.